The molecule has 2 rings (SSSR count). The zero-order valence-electron chi connectivity index (χ0n) is 11.3. The second-order valence-electron chi connectivity index (χ2n) is 4.83. The van der Waals surface area contributed by atoms with Crippen molar-refractivity contribution in [3.05, 3.63) is 29.8 Å². The molecule has 0 spiro atoms. The van der Waals surface area contributed by atoms with Crippen molar-refractivity contribution in [1.29, 1.82) is 0 Å². The number of thioether (sulfide) groups is 1. The lowest BCUT2D eigenvalue weighted by Crippen LogP contribution is -2.40. The van der Waals surface area contributed by atoms with Gasteiger partial charge in [0.05, 0.1) is 5.56 Å². The molecular formula is C15H20ClNOS. The van der Waals surface area contributed by atoms with Gasteiger partial charge in [0.15, 0.2) is 0 Å². The molecule has 1 aliphatic rings. The Kier molecular flexibility index (Phi) is 5.59. The van der Waals surface area contributed by atoms with E-state index in [1.807, 2.05) is 35.4 Å². The van der Waals surface area contributed by atoms with Crippen molar-refractivity contribution >= 4 is 29.3 Å². The quantitative estimate of drug-likeness (QED) is 0.604. The average molecular weight is 298 g/mol. The summed E-state index contributed by atoms with van der Waals surface area (Å²) in [5.74, 6) is 0.640. The fraction of sp³-hybridized carbons (Fsp3) is 0.533. The summed E-state index contributed by atoms with van der Waals surface area (Å²) in [5.41, 5.74) is 0.812. The Morgan fingerprint density at radius 2 is 2.05 bits per heavy atom. The van der Waals surface area contributed by atoms with Crippen LogP contribution in [-0.4, -0.2) is 35.5 Å². The molecule has 1 saturated carbocycles. The Bertz CT molecular complexity index is 432. The lowest BCUT2D eigenvalue weighted by Gasteiger charge is -2.29. The molecule has 1 amide bonds. The maximum Gasteiger partial charge on any atom is 0.255 e. The lowest BCUT2D eigenvalue weighted by atomic mass is 10.1. The Balaban J connectivity index is 2.22. The molecular weight excluding hydrogens is 278 g/mol. The van der Waals surface area contributed by atoms with Crippen molar-refractivity contribution in [2.24, 2.45) is 0 Å². The molecule has 4 heteroatoms. The zero-order valence-corrected chi connectivity index (χ0v) is 12.8. The highest BCUT2D eigenvalue weighted by Crippen LogP contribution is 2.27. The Morgan fingerprint density at radius 3 is 2.68 bits per heavy atom. The molecule has 1 aliphatic carbocycles. The zero-order chi connectivity index (χ0) is 13.7. The van der Waals surface area contributed by atoms with E-state index >= 15 is 0 Å². The molecule has 0 atom stereocenters. The first-order chi connectivity index (χ1) is 9.27. The summed E-state index contributed by atoms with van der Waals surface area (Å²) in [6.07, 6.45) is 6.68. The summed E-state index contributed by atoms with van der Waals surface area (Å²) >= 11 is 7.50. The van der Waals surface area contributed by atoms with Crippen LogP contribution < -0.4 is 0 Å². The van der Waals surface area contributed by atoms with Crippen LogP contribution in [0.5, 0.6) is 0 Å². The van der Waals surface area contributed by atoms with Crippen LogP contribution in [0.3, 0.4) is 0 Å². The molecule has 0 bridgehead atoms. The summed E-state index contributed by atoms with van der Waals surface area (Å²) in [6.45, 7) is 0.647. The number of carbonyl (C=O) groups excluding carboxylic acids is 1. The van der Waals surface area contributed by atoms with E-state index in [2.05, 4.69) is 0 Å². The summed E-state index contributed by atoms with van der Waals surface area (Å²) < 4.78 is 0. The van der Waals surface area contributed by atoms with E-state index in [0.717, 1.165) is 23.3 Å². The minimum Gasteiger partial charge on any atom is -0.334 e. The van der Waals surface area contributed by atoms with Crippen LogP contribution >= 0.6 is 23.4 Å². The molecule has 0 saturated heterocycles. The molecule has 0 N–H and O–H groups in total. The number of nitrogens with zero attached hydrogens (tertiary/aromatic N) is 1. The maximum atomic E-state index is 12.8. The van der Waals surface area contributed by atoms with E-state index in [1.165, 1.54) is 12.8 Å². The van der Waals surface area contributed by atoms with Crippen LogP contribution in [0.1, 0.15) is 36.0 Å². The highest BCUT2D eigenvalue weighted by molar-refractivity contribution is 7.98. The predicted octanol–water partition coefficient (Wildman–Crippen LogP) is 4.03. The van der Waals surface area contributed by atoms with E-state index in [1.54, 1.807) is 11.8 Å². The number of rotatable bonds is 5. The molecule has 1 aromatic carbocycles. The number of alkyl halides is 1. The highest BCUT2D eigenvalue weighted by atomic mass is 35.5. The predicted molar refractivity (Wildman–Crippen MR) is 82.2 cm³/mol. The molecule has 1 aromatic rings. The number of halogens is 1. The first-order valence-corrected chi connectivity index (χ1v) is 8.53. The molecule has 0 unspecified atom stereocenters. The second-order valence-corrected chi connectivity index (χ2v) is 6.05. The van der Waals surface area contributed by atoms with E-state index < -0.39 is 0 Å². The molecule has 104 valence electrons. The highest BCUT2D eigenvalue weighted by Gasteiger charge is 2.27. The van der Waals surface area contributed by atoms with Gasteiger partial charge in [-0.3, -0.25) is 4.79 Å². The third kappa shape index (κ3) is 3.46. The number of hydrogen-bond acceptors (Lipinski definition) is 2. The minimum absolute atomic E-state index is 0.137. The number of hydrogen-bond donors (Lipinski definition) is 0. The molecule has 0 radical (unpaired) electrons. The normalized spacial score (nSPS) is 15.7. The smallest absolute Gasteiger partial charge is 0.255 e. The summed E-state index contributed by atoms with van der Waals surface area (Å²) in [7, 11) is 0. The summed E-state index contributed by atoms with van der Waals surface area (Å²) in [6, 6.07) is 8.21. The van der Waals surface area contributed by atoms with Crippen molar-refractivity contribution in [3.63, 3.8) is 0 Å². The van der Waals surface area contributed by atoms with E-state index in [-0.39, 0.29) is 5.91 Å². The first-order valence-electron chi connectivity index (χ1n) is 6.78. The Morgan fingerprint density at radius 1 is 1.37 bits per heavy atom. The van der Waals surface area contributed by atoms with Crippen LogP contribution in [0.2, 0.25) is 0 Å². The molecule has 2 nitrogen and oxygen atoms in total. The minimum atomic E-state index is 0.137. The van der Waals surface area contributed by atoms with Gasteiger partial charge in [-0.1, -0.05) is 25.0 Å². The van der Waals surface area contributed by atoms with E-state index in [4.69, 9.17) is 11.6 Å². The van der Waals surface area contributed by atoms with Crippen LogP contribution in [0.25, 0.3) is 0 Å². The van der Waals surface area contributed by atoms with Crippen molar-refractivity contribution in [2.45, 2.75) is 36.6 Å². The molecule has 0 heterocycles. The van der Waals surface area contributed by atoms with Crippen molar-refractivity contribution in [2.75, 3.05) is 18.7 Å². The van der Waals surface area contributed by atoms with Gasteiger partial charge in [0.2, 0.25) is 0 Å². The van der Waals surface area contributed by atoms with Gasteiger partial charge >= 0.3 is 0 Å². The van der Waals surface area contributed by atoms with Crippen LogP contribution in [0, 0.1) is 0 Å². The molecule has 19 heavy (non-hydrogen) atoms. The Labute approximate surface area is 124 Å². The van der Waals surface area contributed by atoms with Crippen LogP contribution in [0.15, 0.2) is 29.2 Å². The van der Waals surface area contributed by atoms with Gasteiger partial charge < -0.3 is 4.90 Å². The van der Waals surface area contributed by atoms with Crippen molar-refractivity contribution < 1.29 is 4.79 Å². The number of carbonyl (C=O) groups is 1. The monoisotopic (exact) mass is 297 g/mol. The molecule has 0 aliphatic heterocycles. The third-order valence-electron chi connectivity index (χ3n) is 3.69. The molecule has 1 fully saturated rings. The lowest BCUT2D eigenvalue weighted by molar-refractivity contribution is 0.0691. The molecule has 0 aromatic heterocycles. The summed E-state index contributed by atoms with van der Waals surface area (Å²) in [4.78, 5) is 15.8. The van der Waals surface area contributed by atoms with Gasteiger partial charge in [0, 0.05) is 23.4 Å². The van der Waals surface area contributed by atoms with E-state index in [0.29, 0.717) is 18.5 Å². The topological polar surface area (TPSA) is 20.3 Å². The Hall–Kier alpha value is -0.670. The van der Waals surface area contributed by atoms with Gasteiger partial charge in [-0.05, 0) is 31.2 Å². The van der Waals surface area contributed by atoms with Crippen LogP contribution in [-0.2, 0) is 0 Å². The fourth-order valence-electron chi connectivity index (χ4n) is 2.73. The van der Waals surface area contributed by atoms with Crippen LogP contribution in [0.4, 0.5) is 0 Å². The fourth-order valence-corrected chi connectivity index (χ4v) is 3.50. The van der Waals surface area contributed by atoms with Gasteiger partial charge in [0.25, 0.3) is 5.91 Å². The largest absolute Gasteiger partial charge is 0.334 e. The van der Waals surface area contributed by atoms with Gasteiger partial charge in [-0.25, -0.2) is 0 Å². The second kappa shape index (κ2) is 7.20. The van der Waals surface area contributed by atoms with Crippen molar-refractivity contribution in [3.8, 4) is 0 Å². The maximum absolute atomic E-state index is 12.8. The van der Waals surface area contributed by atoms with Crippen molar-refractivity contribution in [1.82, 2.24) is 4.90 Å². The van der Waals surface area contributed by atoms with Gasteiger partial charge in [-0.15, -0.1) is 23.4 Å². The SMILES string of the molecule is CSc1ccccc1C(=O)N(CCCl)C1CCCC1. The third-order valence-corrected chi connectivity index (χ3v) is 4.65. The van der Waals surface area contributed by atoms with Gasteiger partial charge in [0.1, 0.15) is 0 Å². The first kappa shape index (κ1) is 14.7. The standard InChI is InChI=1S/C15H20ClNOS/c1-19-14-9-5-4-8-13(14)15(18)17(11-10-16)12-6-2-3-7-12/h4-5,8-9,12H,2-3,6-7,10-11H2,1H3. The number of benzene rings is 1. The number of amides is 1. The summed E-state index contributed by atoms with van der Waals surface area (Å²) in [5, 5.41) is 0. The van der Waals surface area contributed by atoms with E-state index in [9.17, 15) is 4.79 Å². The average Bonchev–Trinajstić information content (AvgIpc) is 2.98. The van der Waals surface area contributed by atoms with Gasteiger partial charge in [-0.2, -0.15) is 0 Å².